The molecule has 0 aliphatic carbocycles. The molecule has 86 valence electrons. The number of aryl methyl sites for hydroxylation is 1. The molecule has 1 aromatic rings. The minimum atomic E-state index is 1.000. The van der Waals surface area contributed by atoms with Gasteiger partial charge in [0.05, 0.1) is 0 Å². The van der Waals surface area contributed by atoms with Crippen LogP contribution in [0.4, 0.5) is 0 Å². The lowest BCUT2D eigenvalue weighted by atomic mass is 10.1. The second-order valence-corrected chi connectivity index (χ2v) is 3.04. The highest BCUT2D eigenvalue weighted by Gasteiger charge is 1.93. The Morgan fingerprint density at radius 1 is 1.25 bits per heavy atom. The maximum Gasteiger partial charge on any atom is 0.0270 e. The van der Waals surface area contributed by atoms with Crippen LogP contribution in [-0.4, -0.2) is 4.98 Å². The van der Waals surface area contributed by atoms with Gasteiger partial charge in [-0.1, -0.05) is 45.2 Å². The molecule has 1 rings (SSSR count). The van der Waals surface area contributed by atoms with Gasteiger partial charge in [0.2, 0.25) is 0 Å². The van der Waals surface area contributed by atoms with E-state index in [0.717, 1.165) is 12.8 Å². The molecule has 1 heteroatoms. The van der Waals surface area contributed by atoms with Crippen LogP contribution in [0.15, 0.2) is 61.5 Å². The summed E-state index contributed by atoms with van der Waals surface area (Å²) < 4.78 is 0. The van der Waals surface area contributed by atoms with Crippen molar-refractivity contribution in [2.45, 2.75) is 26.7 Å². The lowest BCUT2D eigenvalue weighted by molar-refractivity contribution is 0.961. The van der Waals surface area contributed by atoms with Crippen molar-refractivity contribution in [3.05, 3.63) is 67.0 Å². The zero-order chi connectivity index (χ0) is 12.2. The van der Waals surface area contributed by atoms with Crippen LogP contribution in [0, 0.1) is 0 Å². The van der Waals surface area contributed by atoms with Gasteiger partial charge in [-0.05, 0) is 36.1 Å². The first-order valence-electron chi connectivity index (χ1n) is 5.69. The number of pyridine rings is 1. The van der Waals surface area contributed by atoms with E-state index in [9.17, 15) is 0 Å². The number of nitrogens with zero attached hydrogens (tertiary/aromatic N) is 1. The first-order chi connectivity index (χ1) is 7.86. The van der Waals surface area contributed by atoms with E-state index >= 15 is 0 Å². The molecular weight excluding hydrogens is 194 g/mol. The van der Waals surface area contributed by atoms with E-state index < -0.39 is 0 Å². The van der Waals surface area contributed by atoms with Crippen molar-refractivity contribution >= 4 is 0 Å². The van der Waals surface area contributed by atoms with Gasteiger partial charge in [-0.3, -0.25) is 4.98 Å². The first-order valence-corrected chi connectivity index (χ1v) is 5.69. The lowest BCUT2D eigenvalue weighted by Gasteiger charge is -2.01. The molecule has 0 aliphatic heterocycles. The van der Waals surface area contributed by atoms with E-state index in [1.165, 1.54) is 11.1 Å². The Balaban J connectivity index is 0.00000106. The van der Waals surface area contributed by atoms with E-state index in [1.807, 2.05) is 50.5 Å². The van der Waals surface area contributed by atoms with Crippen molar-refractivity contribution in [3.8, 4) is 0 Å². The predicted molar refractivity (Wildman–Crippen MR) is 72.4 cm³/mol. The summed E-state index contributed by atoms with van der Waals surface area (Å²) in [6.45, 7) is 11.4. The molecule has 0 bridgehead atoms. The molecule has 0 saturated heterocycles. The molecular formula is C15H21N. The largest absolute Gasteiger partial charge is 0.265 e. The fourth-order valence-corrected chi connectivity index (χ4v) is 1.24. The number of hydrogen-bond acceptors (Lipinski definition) is 1. The van der Waals surface area contributed by atoms with E-state index in [-0.39, 0.29) is 0 Å². The third-order valence-electron chi connectivity index (χ3n) is 2.05. The predicted octanol–water partition coefficient (Wildman–Crippen LogP) is 4.34. The monoisotopic (exact) mass is 215 g/mol. The Kier molecular flexibility index (Phi) is 8.90. The molecule has 0 unspecified atom stereocenters. The quantitative estimate of drug-likeness (QED) is 0.666. The van der Waals surface area contributed by atoms with Crippen molar-refractivity contribution in [2.24, 2.45) is 0 Å². The molecule has 0 saturated carbocycles. The van der Waals surface area contributed by atoms with Gasteiger partial charge in [-0.15, -0.1) is 0 Å². The molecule has 0 aliphatic rings. The SMILES string of the molecule is C=C/C=C(\C=C)CCc1ccncc1.CC. The molecule has 0 atom stereocenters. The van der Waals surface area contributed by atoms with Gasteiger partial charge in [-0.2, -0.15) is 0 Å². The van der Waals surface area contributed by atoms with E-state index in [2.05, 4.69) is 18.1 Å². The summed E-state index contributed by atoms with van der Waals surface area (Å²) in [4.78, 5) is 3.98. The standard InChI is InChI=1S/C13H15N.C2H6/c1-3-5-12(4-2)6-7-13-8-10-14-11-9-13;1-2/h3-5,8-11H,1-2,6-7H2;1-2H3/b12-5+;. The Morgan fingerprint density at radius 2 is 1.88 bits per heavy atom. The van der Waals surface area contributed by atoms with Gasteiger partial charge >= 0.3 is 0 Å². The summed E-state index contributed by atoms with van der Waals surface area (Å²) in [6, 6.07) is 4.07. The molecule has 1 nitrogen and oxygen atoms in total. The average molecular weight is 215 g/mol. The van der Waals surface area contributed by atoms with Gasteiger partial charge in [0, 0.05) is 12.4 Å². The van der Waals surface area contributed by atoms with Crippen molar-refractivity contribution in [1.82, 2.24) is 4.98 Å². The summed E-state index contributed by atoms with van der Waals surface area (Å²) in [6.07, 6.45) is 11.3. The minimum Gasteiger partial charge on any atom is -0.265 e. The van der Waals surface area contributed by atoms with Crippen LogP contribution in [0.25, 0.3) is 0 Å². The second-order valence-electron chi connectivity index (χ2n) is 3.04. The molecule has 0 fully saturated rings. The maximum absolute atomic E-state index is 3.98. The van der Waals surface area contributed by atoms with Gasteiger partial charge in [-0.25, -0.2) is 0 Å². The van der Waals surface area contributed by atoms with Gasteiger partial charge in [0.25, 0.3) is 0 Å². The van der Waals surface area contributed by atoms with Gasteiger partial charge in [0.15, 0.2) is 0 Å². The zero-order valence-electron chi connectivity index (χ0n) is 10.3. The summed E-state index contributed by atoms with van der Waals surface area (Å²) in [5, 5.41) is 0. The van der Waals surface area contributed by atoms with Crippen LogP contribution in [0.3, 0.4) is 0 Å². The summed E-state index contributed by atoms with van der Waals surface area (Å²) in [5.41, 5.74) is 2.52. The smallest absolute Gasteiger partial charge is 0.0270 e. The average Bonchev–Trinajstić information content (AvgIpc) is 2.38. The lowest BCUT2D eigenvalue weighted by Crippen LogP contribution is -1.87. The highest BCUT2D eigenvalue weighted by Crippen LogP contribution is 2.09. The molecule has 0 amide bonds. The van der Waals surface area contributed by atoms with E-state index in [0.29, 0.717) is 0 Å². The third-order valence-corrected chi connectivity index (χ3v) is 2.05. The number of rotatable bonds is 5. The fraction of sp³-hybridized carbons (Fsp3) is 0.267. The zero-order valence-corrected chi connectivity index (χ0v) is 10.3. The van der Waals surface area contributed by atoms with E-state index in [1.54, 1.807) is 6.08 Å². The van der Waals surface area contributed by atoms with Crippen LogP contribution in [0.1, 0.15) is 25.8 Å². The third kappa shape index (κ3) is 5.97. The molecule has 0 N–H and O–H groups in total. The fourth-order valence-electron chi connectivity index (χ4n) is 1.24. The van der Waals surface area contributed by atoms with Crippen LogP contribution in [0.5, 0.6) is 0 Å². The van der Waals surface area contributed by atoms with Crippen LogP contribution < -0.4 is 0 Å². The van der Waals surface area contributed by atoms with Gasteiger partial charge < -0.3 is 0 Å². The highest BCUT2D eigenvalue weighted by molar-refractivity contribution is 5.23. The summed E-state index contributed by atoms with van der Waals surface area (Å²) >= 11 is 0. The minimum absolute atomic E-state index is 1.000. The molecule has 0 radical (unpaired) electrons. The second kappa shape index (κ2) is 9.91. The Bertz CT molecular complexity index is 323. The number of hydrogen-bond donors (Lipinski definition) is 0. The normalized spacial score (nSPS) is 10.0. The van der Waals surface area contributed by atoms with Crippen molar-refractivity contribution < 1.29 is 0 Å². The van der Waals surface area contributed by atoms with Crippen molar-refractivity contribution in [1.29, 1.82) is 0 Å². The Morgan fingerprint density at radius 3 is 2.38 bits per heavy atom. The highest BCUT2D eigenvalue weighted by atomic mass is 14.6. The van der Waals surface area contributed by atoms with Crippen LogP contribution >= 0.6 is 0 Å². The van der Waals surface area contributed by atoms with Crippen molar-refractivity contribution in [3.63, 3.8) is 0 Å². The topological polar surface area (TPSA) is 12.9 Å². The molecule has 0 spiro atoms. The molecule has 1 aromatic heterocycles. The number of allylic oxidation sites excluding steroid dienone is 4. The van der Waals surface area contributed by atoms with Crippen LogP contribution in [0.2, 0.25) is 0 Å². The Hall–Kier alpha value is -1.63. The van der Waals surface area contributed by atoms with Gasteiger partial charge in [0.1, 0.15) is 0 Å². The molecule has 0 aromatic carbocycles. The molecule has 1 heterocycles. The Labute approximate surface area is 99.2 Å². The molecule has 16 heavy (non-hydrogen) atoms. The summed E-state index contributed by atoms with van der Waals surface area (Å²) in [5.74, 6) is 0. The van der Waals surface area contributed by atoms with E-state index in [4.69, 9.17) is 0 Å². The maximum atomic E-state index is 3.98. The van der Waals surface area contributed by atoms with Crippen LogP contribution in [-0.2, 0) is 6.42 Å². The number of aromatic nitrogens is 1. The summed E-state index contributed by atoms with van der Waals surface area (Å²) in [7, 11) is 0. The first kappa shape index (κ1) is 14.4. The van der Waals surface area contributed by atoms with Crippen molar-refractivity contribution in [2.75, 3.05) is 0 Å².